The van der Waals surface area contributed by atoms with Crippen molar-refractivity contribution >= 4 is 22.5 Å². The van der Waals surface area contributed by atoms with Gasteiger partial charge >= 0.3 is 0 Å². The highest BCUT2D eigenvalue weighted by Gasteiger charge is 2.13. The zero-order valence-electron chi connectivity index (χ0n) is 15.0. The minimum Gasteiger partial charge on any atom is -0.361 e. The number of nitrogens with zero attached hydrogens (tertiary/aromatic N) is 2. The number of aryl methyl sites for hydroxylation is 2. The minimum atomic E-state index is 0.0243. The number of carbonyl (C=O) groups excluding carboxylic acids is 1. The number of aromatic nitrogens is 3. The molecule has 0 fully saturated rings. The Balaban J connectivity index is 1.42. The van der Waals surface area contributed by atoms with Crippen molar-refractivity contribution in [2.75, 3.05) is 6.54 Å². The van der Waals surface area contributed by atoms with E-state index in [1.165, 1.54) is 10.9 Å². The number of amides is 1. The lowest BCUT2D eigenvalue weighted by Crippen LogP contribution is -2.27. The van der Waals surface area contributed by atoms with Crippen LogP contribution >= 0.6 is 0 Å². The predicted molar refractivity (Wildman–Crippen MR) is 103 cm³/mol. The van der Waals surface area contributed by atoms with Gasteiger partial charge in [0.15, 0.2) is 0 Å². The molecule has 0 aliphatic carbocycles. The largest absolute Gasteiger partial charge is 0.361 e. The summed E-state index contributed by atoms with van der Waals surface area (Å²) < 4.78 is 2.02. The van der Waals surface area contributed by atoms with Gasteiger partial charge in [-0.15, -0.1) is 0 Å². The van der Waals surface area contributed by atoms with Gasteiger partial charge in [-0.3, -0.25) is 4.79 Å². The molecule has 4 aromatic rings. The lowest BCUT2D eigenvalue weighted by molar-refractivity contribution is -0.120. The summed E-state index contributed by atoms with van der Waals surface area (Å²) in [5.74, 6) is 0.0243. The molecule has 0 bridgehead atoms. The Labute approximate surface area is 152 Å². The summed E-state index contributed by atoms with van der Waals surface area (Å²) in [6, 6.07) is 12.2. The van der Waals surface area contributed by atoms with Gasteiger partial charge in [0.2, 0.25) is 5.91 Å². The fourth-order valence-corrected chi connectivity index (χ4v) is 3.47. The normalized spacial score (nSPS) is 11.3. The van der Waals surface area contributed by atoms with Crippen molar-refractivity contribution < 1.29 is 4.79 Å². The molecule has 0 unspecified atom stereocenters. The Morgan fingerprint density at radius 3 is 2.92 bits per heavy atom. The van der Waals surface area contributed by atoms with E-state index in [-0.39, 0.29) is 5.91 Å². The van der Waals surface area contributed by atoms with Crippen LogP contribution < -0.4 is 5.32 Å². The number of fused-ring (bicyclic) bond motifs is 2. The van der Waals surface area contributed by atoms with Crippen LogP contribution in [0.2, 0.25) is 0 Å². The molecule has 132 valence electrons. The quantitative estimate of drug-likeness (QED) is 0.582. The molecule has 0 saturated carbocycles. The molecule has 1 aromatic carbocycles. The van der Waals surface area contributed by atoms with Gasteiger partial charge in [-0.25, -0.2) is 4.98 Å². The number of nitrogens with one attached hydrogen (secondary N) is 2. The van der Waals surface area contributed by atoms with Gasteiger partial charge in [-0.2, -0.15) is 0 Å². The Kier molecular flexibility index (Phi) is 4.21. The van der Waals surface area contributed by atoms with Crippen LogP contribution in [0, 0.1) is 13.8 Å². The van der Waals surface area contributed by atoms with E-state index in [1.54, 1.807) is 0 Å². The van der Waals surface area contributed by atoms with Crippen molar-refractivity contribution in [2.24, 2.45) is 0 Å². The molecule has 0 saturated heterocycles. The first kappa shape index (κ1) is 16.4. The standard InChI is InChI=1S/C21H22N4O/c1-14-6-5-11-25-19(15(2)24-21(14)25)12-20(26)22-10-9-16-13-23-18-8-4-3-7-17(16)18/h3-8,11,13,23H,9-10,12H2,1-2H3,(H,22,26). The van der Waals surface area contributed by atoms with Crippen LogP contribution in [0.1, 0.15) is 22.5 Å². The molecule has 0 aliphatic rings. The molecule has 2 N–H and O–H groups in total. The second-order valence-electron chi connectivity index (χ2n) is 6.66. The number of H-pyrrole nitrogens is 1. The van der Waals surface area contributed by atoms with Crippen LogP contribution in [0.3, 0.4) is 0 Å². The van der Waals surface area contributed by atoms with Crippen LogP contribution in [0.15, 0.2) is 48.8 Å². The first-order chi connectivity index (χ1) is 12.6. The van der Waals surface area contributed by atoms with E-state index in [0.717, 1.165) is 34.5 Å². The Hall–Kier alpha value is -3.08. The van der Waals surface area contributed by atoms with Crippen molar-refractivity contribution in [1.82, 2.24) is 19.7 Å². The number of rotatable bonds is 5. The van der Waals surface area contributed by atoms with Gasteiger partial charge in [0.25, 0.3) is 0 Å². The fraction of sp³-hybridized carbons (Fsp3) is 0.238. The first-order valence-electron chi connectivity index (χ1n) is 8.88. The lowest BCUT2D eigenvalue weighted by atomic mass is 10.1. The van der Waals surface area contributed by atoms with Gasteiger partial charge in [0.05, 0.1) is 17.8 Å². The summed E-state index contributed by atoms with van der Waals surface area (Å²) in [4.78, 5) is 20.3. The molecule has 0 aliphatic heterocycles. The highest BCUT2D eigenvalue weighted by atomic mass is 16.1. The topological polar surface area (TPSA) is 62.2 Å². The number of hydrogen-bond acceptors (Lipinski definition) is 2. The minimum absolute atomic E-state index is 0.0243. The predicted octanol–water partition coefficient (Wildman–Crippen LogP) is 3.33. The number of aromatic amines is 1. The maximum absolute atomic E-state index is 12.4. The van der Waals surface area contributed by atoms with Gasteiger partial charge in [-0.1, -0.05) is 24.3 Å². The molecule has 5 nitrogen and oxygen atoms in total. The van der Waals surface area contributed by atoms with Gasteiger partial charge < -0.3 is 14.7 Å². The van der Waals surface area contributed by atoms with Crippen LogP contribution in [0.5, 0.6) is 0 Å². The summed E-state index contributed by atoms with van der Waals surface area (Å²) in [7, 11) is 0. The summed E-state index contributed by atoms with van der Waals surface area (Å²) in [5.41, 5.74) is 6.25. The molecule has 5 heteroatoms. The smallest absolute Gasteiger partial charge is 0.226 e. The summed E-state index contributed by atoms with van der Waals surface area (Å²) in [5, 5.41) is 4.25. The number of pyridine rings is 1. The molecule has 3 heterocycles. The van der Waals surface area contributed by atoms with Crippen LogP contribution in [-0.2, 0) is 17.6 Å². The third kappa shape index (κ3) is 2.96. The number of benzene rings is 1. The van der Waals surface area contributed by atoms with Gasteiger partial charge in [0, 0.05) is 29.8 Å². The van der Waals surface area contributed by atoms with Crippen molar-refractivity contribution in [3.63, 3.8) is 0 Å². The highest BCUT2D eigenvalue weighted by Crippen LogP contribution is 2.18. The molecule has 1 amide bonds. The van der Waals surface area contributed by atoms with E-state index in [9.17, 15) is 4.79 Å². The number of hydrogen-bond donors (Lipinski definition) is 2. The number of carbonyl (C=O) groups is 1. The molecular weight excluding hydrogens is 324 g/mol. The van der Waals surface area contributed by atoms with Gasteiger partial charge in [0.1, 0.15) is 5.65 Å². The van der Waals surface area contributed by atoms with Crippen molar-refractivity contribution in [3.05, 3.63) is 71.3 Å². The number of imidazole rings is 1. The SMILES string of the molecule is Cc1nc2c(C)cccn2c1CC(=O)NCCc1c[nH]c2ccccc12. The van der Waals surface area contributed by atoms with Crippen LogP contribution in [-0.4, -0.2) is 26.8 Å². The van der Waals surface area contributed by atoms with Crippen LogP contribution in [0.25, 0.3) is 16.6 Å². The van der Waals surface area contributed by atoms with Crippen molar-refractivity contribution in [3.8, 4) is 0 Å². The zero-order valence-corrected chi connectivity index (χ0v) is 15.0. The van der Waals surface area contributed by atoms with E-state index >= 15 is 0 Å². The molecule has 4 rings (SSSR count). The maximum atomic E-state index is 12.4. The average Bonchev–Trinajstić information content (AvgIpc) is 3.18. The van der Waals surface area contributed by atoms with E-state index in [4.69, 9.17) is 0 Å². The summed E-state index contributed by atoms with van der Waals surface area (Å²) in [6.45, 7) is 4.61. The zero-order chi connectivity index (χ0) is 18.1. The molecule has 0 spiro atoms. The third-order valence-corrected chi connectivity index (χ3v) is 4.86. The van der Waals surface area contributed by atoms with Crippen LogP contribution in [0.4, 0.5) is 0 Å². The average molecular weight is 346 g/mol. The molecule has 26 heavy (non-hydrogen) atoms. The Morgan fingerprint density at radius 1 is 1.19 bits per heavy atom. The first-order valence-corrected chi connectivity index (χ1v) is 8.88. The Bertz CT molecular complexity index is 1090. The van der Waals surface area contributed by atoms with Gasteiger partial charge in [-0.05, 0) is 43.5 Å². The monoisotopic (exact) mass is 346 g/mol. The van der Waals surface area contributed by atoms with Crippen molar-refractivity contribution in [2.45, 2.75) is 26.7 Å². The lowest BCUT2D eigenvalue weighted by Gasteiger charge is -2.06. The Morgan fingerprint density at radius 2 is 2.04 bits per heavy atom. The van der Waals surface area contributed by atoms with Crippen molar-refractivity contribution in [1.29, 1.82) is 0 Å². The molecule has 3 aromatic heterocycles. The molecular formula is C21H22N4O. The molecule has 0 atom stereocenters. The van der Waals surface area contributed by atoms with E-state index in [2.05, 4.69) is 27.4 Å². The van der Waals surface area contributed by atoms with E-state index < -0.39 is 0 Å². The fourth-order valence-electron chi connectivity index (χ4n) is 3.47. The third-order valence-electron chi connectivity index (χ3n) is 4.86. The number of para-hydroxylation sites is 1. The summed E-state index contributed by atoms with van der Waals surface area (Å²) in [6.07, 6.45) is 5.14. The highest BCUT2D eigenvalue weighted by molar-refractivity contribution is 5.83. The second kappa shape index (κ2) is 6.67. The summed E-state index contributed by atoms with van der Waals surface area (Å²) >= 11 is 0. The maximum Gasteiger partial charge on any atom is 0.226 e. The van der Waals surface area contributed by atoms with E-state index in [0.29, 0.717) is 13.0 Å². The second-order valence-corrected chi connectivity index (χ2v) is 6.66. The van der Waals surface area contributed by atoms with E-state index in [1.807, 2.05) is 54.9 Å². The molecule has 0 radical (unpaired) electrons.